The maximum absolute atomic E-state index is 13.9. The van der Waals surface area contributed by atoms with Crippen molar-refractivity contribution >= 4 is 5.91 Å². The van der Waals surface area contributed by atoms with Crippen LogP contribution in [-0.4, -0.2) is 53.6 Å². The van der Waals surface area contributed by atoms with Gasteiger partial charge in [0.05, 0.1) is 5.41 Å². The standard InChI is InChI=1S/C18H24F2N2O2/c19-15-5-1-4-14(16(15)20)12-22-9-2-6-18(17(22)24)7-10-21(13-18)8-3-11-23/h1,4-5,23H,2-3,6-13H2/t18-/m1/s1. The van der Waals surface area contributed by atoms with Gasteiger partial charge in [-0.2, -0.15) is 0 Å². The van der Waals surface area contributed by atoms with E-state index in [4.69, 9.17) is 5.11 Å². The van der Waals surface area contributed by atoms with Crippen LogP contribution in [0.3, 0.4) is 0 Å². The molecule has 2 aliphatic heterocycles. The molecule has 1 amide bonds. The van der Waals surface area contributed by atoms with E-state index >= 15 is 0 Å². The maximum atomic E-state index is 13.9. The number of aliphatic hydroxyl groups is 1. The first-order valence-electron chi connectivity index (χ1n) is 8.61. The van der Waals surface area contributed by atoms with Crippen molar-refractivity contribution in [1.82, 2.24) is 9.80 Å². The first-order chi connectivity index (χ1) is 11.6. The highest BCUT2D eigenvalue weighted by Gasteiger charge is 2.48. The molecule has 132 valence electrons. The molecule has 2 fully saturated rings. The zero-order valence-electron chi connectivity index (χ0n) is 13.8. The van der Waals surface area contributed by atoms with Gasteiger partial charge in [0.2, 0.25) is 5.91 Å². The van der Waals surface area contributed by atoms with Crippen molar-refractivity contribution in [3.8, 4) is 0 Å². The van der Waals surface area contributed by atoms with Crippen molar-refractivity contribution in [2.45, 2.75) is 32.2 Å². The molecule has 3 rings (SSSR count). The molecule has 1 atom stereocenters. The summed E-state index contributed by atoms with van der Waals surface area (Å²) in [5, 5.41) is 8.97. The molecule has 1 aromatic rings. The van der Waals surface area contributed by atoms with Crippen molar-refractivity contribution in [2.24, 2.45) is 5.41 Å². The summed E-state index contributed by atoms with van der Waals surface area (Å²) in [6, 6.07) is 4.10. The largest absolute Gasteiger partial charge is 0.396 e. The number of halogens is 2. The number of piperidine rings is 1. The molecule has 1 N–H and O–H groups in total. The molecule has 0 saturated carbocycles. The van der Waals surface area contributed by atoms with Crippen LogP contribution in [-0.2, 0) is 11.3 Å². The van der Waals surface area contributed by atoms with E-state index in [0.717, 1.165) is 38.4 Å². The lowest BCUT2D eigenvalue weighted by Crippen LogP contribution is -2.49. The molecule has 1 aromatic carbocycles. The van der Waals surface area contributed by atoms with E-state index in [2.05, 4.69) is 4.90 Å². The van der Waals surface area contributed by atoms with Gasteiger partial charge in [-0.05, 0) is 38.3 Å². The number of rotatable bonds is 5. The van der Waals surface area contributed by atoms with Gasteiger partial charge in [0, 0.05) is 38.3 Å². The average Bonchev–Trinajstić information content (AvgIpc) is 2.98. The fourth-order valence-corrected chi connectivity index (χ4v) is 4.00. The van der Waals surface area contributed by atoms with Crippen LogP contribution in [0, 0.1) is 17.0 Å². The van der Waals surface area contributed by atoms with Crippen LogP contribution in [0.15, 0.2) is 18.2 Å². The van der Waals surface area contributed by atoms with Crippen molar-refractivity contribution in [1.29, 1.82) is 0 Å². The summed E-state index contributed by atoms with van der Waals surface area (Å²) in [6.45, 7) is 3.22. The van der Waals surface area contributed by atoms with Gasteiger partial charge >= 0.3 is 0 Å². The number of benzene rings is 1. The zero-order valence-corrected chi connectivity index (χ0v) is 13.8. The van der Waals surface area contributed by atoms with E-state index in [0.29, 0.717) is 19.5 Å². The number of hydrogen-bond donors (Lipinski definition) is 1. The Kier molecular flexibility index (Phi) is 5.15. The summed E-state index contributed by atoms with van der Waals surface area (Å²) in [6.07, 6.45) is 3.25. The van der Waals surface area contributed by atoms with Crippen LogP contribution in [0.5, 0.6) is 0 Å². The lowest BCUT2D eigenvalue weighted by molar-refractivity contribution is -0.146. The number of amides is 1. The van der Waals surface area contributed by atoms with Crippen LogP contribution >= 0.6 is 0 Å². The molecule has 0 radical (unpaired) electrons. The third-order valence-electron chi connectivity index (χ3n) is 5.28. The molecule has 0 aromatic heterocycles. The second-order valence-electron chi connectivity index (χ2n) is 6.93. The summed E-state index contributed by atoms with van der Waals surface area (Å²) in [4.78, 5) is 16.9. The number of nitrogens with zero attached hydrogens (tertiary/aromatic N) is 2. The second-order valence-corrected chi connectivity index (χ2v) is 6.93. The van der Waals surface area contributed by atoms with Gasteiger partial charge in [0.25, 0.3) is 0 Å². The average molecular weight is 338 g/mol. The minimum absolute atomic E-state index is 0.0592. The van der Waals surface area contributed by atoms with Crippen LogP contribution in [0.25, 0.3) is 0 Å². The molecular formula is C18H24F2N2O2. The highest BCUT2D eigenvalue weighted by atomic mass is 19.2. The Morgan fingerprint density at radius 3 is 2.83 bits per heavy atom. The Morgan fingerprint density at radius 2 is 2.04 bits per heavy atom. The Hall–Kier alpha value is -1.53. The summed E-state index contributed by atoms with van der Waals surface area (Å²) >= 11 is 0. The maximum Gasteiger partial charge on any atom is 0.230 e. The van der Waals surface area contributed by atoms with Gasteiger partial charge in [-0.1, -0.05) is 12.1 Å². The Balaban J connectivity index is 1.70. The highest BCUT2D eigenvalue weighted by molar-refractivity contribution is 5.84. The van der Waals surface area contributed by atoms with Crippen molar-refractivity contribution in [3.63, 3.8) is 0 Å². The fourth-order valence-electron chi connectivity index (χ4n) is 4.00. The SMILES string of the molecule is O=C1N(Cc2cccc(F)c2F)CCC[C@]12CCN(CCCO)C2. The van der Waals surface area contributed by atoms with Crippen LogP contribution in [0.2, 0.25) is 0 Å². The first-order valence-corrected chi connectivity index (χ1v) is 8.61. The minimum Gasteiger partial charge on any atom is -0.396 e. The lowest BCUT2D eigenvalue weighted by Gasteiger charge is -2.39. The minimum atomic E-state index is -0.872. The van der Waals surface area contributed by atoms with E-state index in [1.807, 2.05) is 0 Å². The van der Waals surface area contributed by atoms with E-state index in [9.17, 15) is 13.6 Å². The Morgan fingerprint density at radius 1 is 1.21 bits per heavy atom. The van der Waals surface area contributed by atoms with Crippen molar-refractivity contribution in [3.05, 3.63) is 35.4 Å². The van der Waals surface area contributed by atoms with Gasteiger partial charge in [-0.15, -0.1) is 0 Å². The second kappa shape index (κ2) is 7.15. The molecule has 2 saturated heterocycles. The molecule has 2 heterocycles. The van der Waals surface area contributed by atoms with Crippen LogP contribution in [0.4, 0.5) is 8.78 Å². The Labute approximate surface area is 141 Å². The number of aliphatic hydroxyl groups excluding tert-OH is 1. The number of carbonyl (C=O) groups excluding carboxylic acids is 1. The summed E-state index contributed by atoms with van der Waals surface area (Å²) in [5.41, 5.74) is -0.159. The molecule has 1 spiro atoms. The topological polar surface area (TPSA) is 43.8 Å². The smallest absolute Gasteiger partial charge is 0.230 e. The van der Waals surface area contributed by atoms with E-state index in [1.54, 1.807) is 4.90 Å². The molecule has 2 aliphatic rings. The number of carbonyl (C=O) groups is 1. The number of hydrogen-bond acceptors (Lipinski definition) is 3. The summed E-state index contributed by atoms with van der Waals surface area (Å²) < 4.78 is 27.3. The van der Waals surface area contributed by atoms with Crippen molar-refractivity contribution < 1.29 is 18.7 Å². The molecular weight excluding hydrogens is 314 g/mol. The normalized spacial score (nSPS) is 25.0. The van der Waals surface area contributed by atoms with Crippen molar-refractivity contribution in [2.75, 3.05) is 32.8 Å². The van der Waals surface area contributed by atoms with Gasteiger partial charge in [-0.3, -0.25) is 4.79 Å². The zero-order chi connectivity index (χ0) is 17.2. The summed E-state index contributed by atoms with van der Waals surface area (Å²) in [7, 11) is 0. The highest BCUT2D eigenvalue weighted by Crippen LogP contribution is 2.40. The Bertz CT molecular complexity index is 611. The number of likely N-dealkylation sites (tertiary alicyclic amines) is 2. The molecule has 6 heteroatoms. The lowest BCUT2D eigenvalue weighted by atomic mass is 9.78. The van der Waals surface area contributed by atoms with Crippen LogP contribution < -0.4 is 0 Å². The quantitative estimate of drug-likeness (QED) is 0.895. The van der Waals surface area contributed by atoms with Gasteiger partial charge in [0.1, 0.15) is 0 Å². The monoisotopic (exact) mass is 338 g/mol. The van der Waals surface area contributed by atoms with Gasteiger partial charge < -0.3 is 14.9 Å². The third kappa shape index (κ3) is 3.30. The molecule has 0 unspecified atom stereocenters. The van der Waals surface area contributed by atoms with Gasteiger partial charge in [-0.25, -0.2) is 8.78 Å². The predicted molar refractivity (Wildman–Crippen MR) is 86.2 cm³/mol. The molecule has 0 bridgehead atoms. The molecule has 4 nitrogen and oxygen atoms in total. The predicted octanol–water partition coefficient (Wildman–Crippen LogP) is 2.16. The third-order valence-corrected chi connectivity index (χ3v) is 5.28. The van der Waals surface area contributed by atoms with E-state index in [-0.39, 0.29) is 24.6 Å². The molecule has 0 aliphatic carbocycles. The van der Waals surface area contributed by atoms with E-state index in [1.165, 1.54) is 12.1 Å². The summed E-state index contributed by atoms with van der Waals surface area (Å²) in [5.74, 6) is -1.67. The van der Waals surface area contributed by atoms with E-state index < -0.39 is 17.0 Å². The van der Waals surface area contributed by atoms with Crippen LogP contribution in [0.1, 0.15) is 31.2 Å². The fraction of sp³-hybridized carbons (Fsp3) is 0.611. The first kappa shape index (κ1) is 17.3. The van der Waals surface area contributed by atoms with Gasteiger partial charge in [0.15, 0.2) is 11.6 Å². The molecule has 24 heavy (non-hydrogen) atoms.